The smallest absolute Gasteiger partial charge is 0.220 e. The lowest BCUT2D eigenvalue weighted by molar-refractivity contribution is -0.121. The Bertz CT molecular complexity index is 527. The molecule has 0 aromatic rings. The molecule has 1 unspecified atom stereocenters. The van der Waals surface area contributed by atoms with Gasteiger partial charge in [0.15, 0.2) is 0 Å². The summed E-state index contributed by atoms with van der Waals surface area (Å²) in [5.74, 6) is 0.0616. The van der Waals surface area contributed by atoms with Gasteiger partial charge in [0, 0.05) is 19.6 Å². The molecule has 2 N–H and O–H groups in total. The second-order valence-electron chi connectivity index (χ2n) is 13.5. The van der Waals surface area contributed by atoms with E-state index in [1.54, 1.807) is 0 Å². The Morgan fingerprint density at radius 2 is 0.791 bits per heavy atom. The number of hydrogen-bond donors (Lipinski definition) is 2. The van der Waals surface area contributed by atoms with E-state index in [4.69, 9.17) is 4.74 Å². The monoisotopic (exact) mass is 610 g/mol. The molecule has 1 atom stereocenters. The van der Waals surface area contributed by atoms with Gasteiger partial charge in [-0.25, -0.2) is 0 Å². The van der Waals surface area contributed by atoms with Gasteiger partial charge in [0.05, 0.1) is 12.7 Å². The average molecular weight is 610 g/mol. The van der Waals surface area contributed by atoms with E-state index in [-0.39, 0.29) is 5.91 Å². The van der Waals surface area contributed by atoms with Crippen molar-refractivity contribution in [2.24, 2.45) is 0 Å². The van der Waals surface area contributed by atoms with Gasteiger partial charge >= 0.3 is 0 Å². The van der Waals surface area contributed by atoms with Gasteiger partial charge in [0.25, 0.3) is 0 Å². The molecule has 0 spiro atoms. The fourth-order valence-corrected chi connectivity index (χ4v) is 6.01. The van der Waals surface area contributed by atoms with Gasteiger partial charge in [-0.15, -0.1) is 0 Å². The lowest BCUT2D eigenvalue weighted by Gasteiger charge is -2.12. The number of aliphatic hydroxyl groups is 1. The fraction of sp³-hybridized carbons (Fsp3) is 0.974. The first kappa shape index (κ1) is 42.4. The Balaban J connectivity index is 3.25. The minimum atomic E-state index is -0.605. The molecule has 0 aromatic carbocycles. The molecule has 1 amide bonds. The van der Waals surface area contributed by atoms with Gasteiger partial charge in [-0.1, -0.05) is 200 Å². The summed E-state index contributed by atoms with van der Waals surface area (Å²) in [4.78, 5) is 12.1. The largest absolute Gasteiger partial charge is 0.389 e. The Kier molecular flexibility index (Phi) is 37.0. The van der Waals surface area contributed by atoms with Crippen LogP contribution in [0.2, 0.25) is 0 Å². The van der Waals surface area contributed by atoms with Crippen LogP contribution in [-0.4, -0.2) is 36.9 Å². The van der Waals surface area contributed by atoms with Crippen molar-refractivity contribution in [3.05, 3.63) is 0 Å². The van der Waals surface area contributed by atoms with Crippen LogP contribution in [0, 0.1) is 0 Å². The number of amides is 1. The number of nitrogens with one attached hydrogen (secondary N) is 1. The van der Waals surface area contributed by atoms with Crippen LogP contribution in [-0.2, 0) is 9.53 Å². The quantitative estimate of drug-likeness (QED) is 0.0689. The van der Waals surface area contributed by atoms with E-state index in [0.717, 1.165) is 19.3 Å². The van der Waals surface area contributed by atoms with Crippen molar-refractivity contribution in [1.29, 1.82) is 0 Å². The number of carbonyl (C=O) groups excluding carboxylic acids is 1. The van der Waals surface area contributed by atoms with E-state index >= 15 is 0 Å². The summed E-state index contributed by atoms with van der Waals surface area (Å²) < 4.78 is 5.64. The van der Waals surface area contributed by atoms with E-state index in [0.29, 0.717) is 26.2 Å². The molecule has 0 aromatic heterocycles. The standard InChI is InChI=1S/C39H79NO3/c1-3-5-7-9-11-13-15-17-19-21-23-25-27-29-31-33-35-43-37-38(41)36-40-39(42)34-32-30-28-26-24-22-20-18-16-14-12-10-8-6-4-2/h38,41H,3-37H2,1-2H3,(H,40,42). The van der Waals surface area contributed by atoms with Crippen LogP contribution in [0.3, 0.4) is 0 Å². The maximum absolute atomic E-state index is 12.1. The molecule has 0 fully saturated rings. The fourth-order valence-electron chi connectivity index (χ4n) is 6.01. The SMILES string of the molecule is CCCCCCCCCCCCCCCCCCOCC(O)CNC(=O)CCCCCCCCCCCCCCCCC. The Morgan fingerprint density at radius 1 is 0.488 bits per heavy atom. The molecule has 0 aliphatic carbocycles. The maximum atomic E-state index is 12.1. The van der Waals surface area contributed by atoms with Crippen molar-refractivity contribution in [1.82, 2.24) is 5.32 Å². The van der Waals surface area contributed by atoms with E-state index in [1.165, 1.54) is 180 Å². The molecular weight excluding hydrogens is 530 g/mol. The summed E-state index contributed by atoms with van der Waals surface area (Å²) in [6.07, 6.45) is 41.9. The van der Waals surface area contributed by atoms with Gasteiger partial charge in [0.2, 0.25) is 5.91 Å². The van der Waals surface area contributed by atoms with E-state index in [9.17, 15) is 9.90 Å². The van der Waals surface area contributed by atoms with Crippen molar-refractivity contribution in [2.75, 3.05) is 19.8 Å². The molecule has 4 nitrogen and oxygen atoms in total. The highest BCUT2D eigenvalue weighted by Crippen LogP contribution is 2.15. The number of aliphatic hydroxyl groups excluding tert-OH is 1. The highest BCUT2D eigenvalue weighted by molar-refractivity contribution is 5.75. The summed E-state index contributed by atoms with van der Waals surface area (Å²) in [5, 5.41) is 13.0. The van der Waals surface area contributed by atoms with Crippen molar-refractivity contribution >= 4 is 5.91 Å². The second-order valence-corrected chi connectivity index (χ2v) is 13.5. The normalized spacial score (nSPS) is 12.2. The molecule has 0 rings (SSSR count). The molecule has 0 radical (unpaired) electrons. The summed E-state index contributed by atoms with van der Waals surface area (Å²) in [6, 6.07) is 0. The van der Waals surface area contributed by atoms with Gasteiger partial charge in [-0.3, -0.25) is 4.79 Å². The zero-order chi connectivity index (χ0) is 31.3. The Morgan fingerprint density at radius 3 is 1.14 bits per heavy atom. The topological polar surface area (TPSA) is 58.6 Å². The lowest BCUT2D eigenvalue weighted by atomic mass is 10.0. The number of carbonyl (C=O) groups is 1. The van der Waals surface area contributed by atoms with Crippen molar-refractivity contribution in [2.45, 2.75) is 225 Å². The van der Waals surface area contributed by atoms with E-state index in [2.05, 4.69) is 19.2 Å². The molecule has 258 valence electrons. The highest BCUT2D eigenvalue weighted by Gasteiger charge is 2.07. The van der Waals surface area contributed by atoms with Gasteiger partial charge in [-0.2, -0.15) is 0 Å². The molecule has 4 heteroatoms. The van der Waals surface area contributed by atoms with E-state index in [1.807, 2.05) is 0 Å². The number of rotatable bonds is 37. The van der Waals surface area contributed by atoms with Crippen LogP contribution in [0.15, 0.2) is 0 Å². The van der Waals surface area contributed by atoms with E-state index < -0.39 is 6.10 Å². The summed E-state index contributed by atoms with van der Waals surface area (Å²) in [7, 11) is 0. The minimum Gasteiger partial charge on any atom is -0.389 e. The lowest BCUT2D eigenvalue weighted by Crippen LogP contribution is -2.34. The maximum Gasteiger partial charge on any atom is 0.220 e. The van der Waals surface area contributed by atoms with Crippen molar-refractivity contribution in [3.8, 4) is 0 Å². The summed E-state index contributed by atoms with van der Waals surface area (Å²) >= 11 is 0. The third-order valence-corrected chi connectivity index (χ3v) is 8.99. The number of hydrogen-bond acceptors (Lipinski definition) is 3. The van der Waals surface area contributed by atoms with Crippen LogP contribution >= 0.6 is 0 Å². The van der Waals surface area contributed by atoms with Crippen LogP contribution in [0.5, 0.6) is 0 Å². The van der Waals surface area contributed by atoms with Crippen LogP contribution in [0.25, 0.3) is 0 Å². The Labute approximate surface area is 270 Å². The summed E-state index contributed by atoms with van der Waals surface area (Å²) in [6.45, 7) is 5.90. The highest BCUT2D eigenvalue weighted by atomic mass is 16.5. The predicted octanol–water partition coefficient (Wildman–Crippen LogP) is 12.0. The molecule has 0 bridgehead atoms. The number of unbranched alkanes of at least 4 members (excludes halogenated alkanes) is 29. The van der Waals surface area contributed by atoms with Gasteiger partial charge in [0.1, 0.15) is 0 Å². The molecule has 0 saturated heterocycles. The first-order valence-corrected chi connectivity index (χ1v) is 19.7. The molecule has 0 aliphatic heterocycles. The zero-order valence-corrected chi connectivity index (χ0v) is 29.6. The molecule has 43 heavy (non-hydrogen) atoms. The first-order valence-electron chi connectivity index (χ1n) is 19.7. The zero-order valence-electron chi connectivity index (χ0n) is 29.6. The molecule has 0 saturated carbocycles. The molecule has 0 heterocycles. The third kappa shape index (κ3) is 37.5. The van der Waals surface area contributed by atoms with Crippen molar-refractivity contribution < 1.29 is 14.6 Å². The predicted molar refractivity (Wildman–Crippen MR) is 189 cm³/mol. The van der Waals surface area contributed by atoms with Crippen LogP contribution in [0.1, 0.15) is 219 Å². The van der Waals surface area contributed by atoms with Crippen LogP contribution in [0.4, 0.5) is 0 Å². The Hall–Kier alpha value is -0.610. The van der Waals surface area contributed by atoms with Gasteiger partial charge < -0.3 is 15.2 Å². The summed E-state index contributed by atoms with van der Waals surface area (Å²) in [5.41, 5.74) is 0. The third-order valence-electron chi connectivity index (χ3n) is 8.99. The average Bonchev–Trinajstić information content (AvgIpc) is 3.01. The second kappa shape index (κ2) is 37.6. The number of ether oxygens (including phenoxy) is 1. The first-order chi connectivity index (χ1) is 21.2. The van der Waals surface area contributed by atoms with Crippen molar-refractivity contribution in [3.63, 3.8) is 0 Å². The molecular formula is C39H79NO3. The molecule has 0 aliphatic rings. The minimum absolute atomic E-state index is 0.0616. The van der Waals surface area contributed by atoms with Gasteiger partial charge in [-0.05, 0) is 12.8 Å². The van der Waals surface area contributed by atoms with Crippen LogP contribution < -0.4 is 5.32 Å².